The normalized spacial score (nSPS) is 12.7. The summed E-state index contributed by atoms with van der Waals surface area (Å²) in [5, 5.41) is 4.92. The van der Waals surface area contributed by atoms with Crippen LogP contribution in [-0.4, -0.2) is 9.97 Å². The number of aromatic nitrogens is 2. The third-order valence-electron chi connectivity index (χ3n) is 12.3. The molecule has 0 saturated heterocycles. The van der Waals surface area contributed by atoms with Crippen LogP contribution in [0.1, 0.15) is 25.0 Å². The van der Waals surface area contributed by atoms with Crippen LogP contribution in [0.2, 0.25) is 0 Å². The molecule has 0 aliphatic heterocycles. The number of benzene rings is 9. The minimum atomic E-state index is -0.114. The maximum absolute atomic E-state index is 5.27. The fourth-order valence-electron chi connectivity index (χ4n) is 9.22. The summed E-state index contributed by atoms with van der Waals surface area (Å²) in [4.78, 5) is 10.5. The first kappa shape index (κ1) is 34.8. The van der Waals surface area contributed by atoms with Crippen LogP contribution < -0.4 is 0 Å². The van der Waals surface area contributed by atoms with Crippen molar-refractivity contribution in [2.24, 2.45) is 0 Å². The van der Waals surface area contributed by atoms with Gasteiger partial charge in [-0.2, -0.15) is 0 Å². The van der Waals surface area contributed by atoms with Gasteiger partial charge in [0.15, 0.2) is 5.82 Å². The summed E-state index contributed by atoms with van der Waals surface area (Å²) in [5.41, 5.74) is 17.5. The molecule has 0 saturated carbocycles. The highest BCUT2D eigenvalue weighted by Gasteiger charge is 2.37. The Labute approximate surface area is 345 Å². The quantitative estimate of drug-likeness (QED) is 0.169. The molecule has 0 bridgehead atoms. The van der Waals surface area contributed by atoms with E-state index in [4.69, 9.17) is 9.97 Å². The van der Waals surface area contributed by atoms with Crippen molar-refractivity contribution in [3.05, 3.63) is 217 Å². The molecule has 0 unspecified atom stereocenters. The Kier molecular flexibility index (Phi) is 8.20. The Bertz CT molecular complexity index is 3200. The summed E-state index contributed by atoms with van der Waals surface area (Å²) in [6, 6.07) is 74.3. The van der Waals surface area contributed by atoms with Crippen molar-refractivity contribution in [2.45, 2.75) is 19.3 Å². The lowest BCUT2D eigenvalue weighted by molar-refractivity contribution is 0.661. The van der Waals surface area contributed by atoms with Gasteiger partial charge in [-0.15, -0.1) is 0 Å². The molecule has 1 heterocycles. The Balaban J connectivity index is 1.02. The monoisotopic (exact) mass is 752 g/mol. The minimum absolute atomic E-state index is 0.114. The van der Waals surface area contributed by atoms with Gasteiger partial charge in [-0.3, -0.25) is 0 Å². The van der Waals surface area contributed by atoms with E-state index in [0.717, 1.165) is 33.5 Å². The maximum atomic E-state index is 5.27. The highest BCUT2D eigenvalue weighted by atomic mass is 14.9. The van der Waals surface area contributed by atoms with E-state index in [1.54, 1.807) is 0 Å². The van der Waals surface area contributed by atoms with Crippen molar-refractivity contribution in [2.75, 3.05) is 0 Å². The van der Waals surface area contributed by atoms with Crippen molar-refractivity contribution in [3.63, 3.8) is 0 Å². The molecule has 1 aromatic heterocycles. The molecule has 0 spiro atoms. The molecule has 1 aliphatic carbocycles. The Morgan fingerprint density at radius 2 is 0.831 bits per heavy atom. The Morgan fingerprint density at radius 3 is 1.49 bits per heavy atom. The summed E-state index contributed by atoms with van der Waals surface area (Å²) >= 11 is 0. The summed E-state index contributed by atoms with van der Waals surface area (Å²) in [5.74, 6) is 0.707. The molecule has 9 aromatic carbocycles. The molecule has 2 nitrogen and oxygen atoms in total. The van der Waals surface area contributed by atoms with E-state index in [0.29, 0.717) is 5.82 Å². The molecule has 1 aliphatic rings. The van der Waals surface area contributed by atoms with Crippen LogP contribution in [0.5, 0.6) is 0 Å². The van der Waals surface area contributed by atoms with Gasteiger partial charge in [0.1, 0.15) is 0 Å². The van der Waals surface area contributed by atoms with E-state index in [2.05, 4.69) is 202 Å². The van der Waals surface area contributed by atoms with Gasteiger partial charge in [-0.05, 0) is 95.4 Å². The van der Waals surface area contributed by atoms with Gasteiger partial charge in [0.05, 0.1) is 11.4 Å². The number of rotatable bonds is 6. The average Bonchev–Trinajstić information content (AvgIpc) is 3.53. The molecular weight excluding hydrogens is 713 g/mol. The van der Waals surface area contributed by atoms with E-state index in [9.17, 15) is 0 Å². The van der Waals surface area contributed by atoms with Gasteiger partial charge in [0.2, 0.25) is 0 Å². The largest absolute Gasteiger partial charge is 0.228 e. The summed E-state index contributed by atoms with van der Waals surface area (Å²) in [6.45, 7) is 4.73. The predicted molar refractivity (Wildman–Crippen MR) is 247 cm³/mol. The fourth-order valence-corrected chi connectivity index (χ4v) is 9.22. The lowest BCUT2D eigenvalue weighted by Gasteiger charge is -2.22. The number of hydrogen-bond donors (Lipinski definition) is 0. The predicted octanol–water partition coefficient (Wildman–Crippen LogP) is 15.1. The van der Waals surface area contributed by atoms with Gasteiger partial charge in [-0.1, -0.05) is 202 Å². The molecule has 10 aromatic rings. The minimum Gasteiger partial charge on any atom is -0.228 e. The summed E-state index contributed by atoms with van der Waals surface area (Å²) in [6.07, 6.45) is 0. The van der Waals surface area contributed by atoms with Crippen LogP contribution >= 0.6 is 0 Å². The lowest BCUT2D eigenvalue weighted by Crippen LogP contribution is -2.14. The second-order valence-electron chi connectivity index (χ2n) is 16.2. The van der Waals surface area contributed by atoms with E-state index < -0.39 is 0 Å². The second kappa shape index (κ2) is 13.9. The Hall–Kier alpha value is -7.42. The third kappa shape index (κ3) is 5.96. The van der Waals surface area contributed by atoms with Crippen LogP contribution in [-0.2, 0) is 5.41 Å². The SMILES string of the molecule is CC1(C)c2cc3ccccc3cc2-c2c(-c3ccc(-c4cc(-c5ccc(-c6ccc(-c7ccccc7)cc6)cc5)nc(-c5ccccc5)n4)c4ccccc34)cccc21. The number of hydrogen-bond acceptors (Lipinski definition) is 2. The van der Waals surface area contributed by atoms with Crippen LogP contribution in [0.3, 0.4) is 0 Å². The van der Waals surface area contributed by atoms with Crippen molar-refractivity contribution < 1.29 is 0 Å². The molecule has 0 N–H and O–H groups in total. The van der Waals surface area contributed by atoms with Gasteiger partial charge in [-0.25, -0.2) is 9.97 Å². The zero-order valence-corrected chi connectivity index (χ0v) is 33.0. The first-order chi connectivity index (χ1) is 29.0. The molecule has 0 radical (unpaired) electrons. The number of fused-ring (bicyclic) bond motifs is 5. The van der Waals surface area contributed by atoms with Crippen LogP contribution in [0.15, 0.2) is 206 Å². The van der Waals surface area contributed by atoms with Gasteiger partial charge in [0.25, 0.3) is 0 Å². The smallest absolute Gasteiger partial charge is 0.160 e. The van der Waals surface area contributed by atoms with Gasteiger partial charge in [0, 0.05) is 22.1 Å². The topological polar surface area (TPSA) is 25.8 Å². The fraction of sp³-hybridized carbons (Fsp3) is 0.0526. The van der Waals surface area contributed by atoms with E-state index in [1.807, 2.05) is 18.2 Å². The summed E-state index contributed by atoms with van der Waals surface area (Å²) < 4.78 is 0. The number of nitrogens with zero attached hydrogens (tertiary/aromatic N) is 2. The van der Waals surface area contributed by atoms with Crippen molar-refractivity contribution >= 4 is 21.5 Å². The average molecular weight is 753 g/mol. The van der Waals surface area contributed by atoms with Crippen molar-refractivity contribution in [3.8, 4) is 78.4 Å². The Morgan fingerprint density at radius 1 is 0.322 bits per heavy atom. The molecule has 2 heteroatoms. The summed E-state index contributed by atoms with van der Waals surface area (Å²) in [7, 11) is 0. The van der Waals surface area contributed by atoms with Crippen LogP contribution in [0.4, 0.5) is 0 Å². The highest BCUT2D eigenvalue weighted by Crippen LogP contribution is 2.54. The maximum Gasteiger partial charge on any atom is 0.160 e. The van der Waals surface area contributed by atoms with Gasteiger partial charge >= 0.3 is 0 Å². The van der Waals surface area contributed by atoms with E-state index >= 15 is 0 Å². The van der Waals surface area contributed by atoms with Crippen LogP contribution in [0.25, 0.3) is 100.0 Å². The highest BCUT2D eigenvalue weighted by molar-refractivity contribution is 6.08. The molecule has 11 rings (SSSR count). The zero-order valence-electron chi connectivity index (χ0n) is 33.0. The van der Waals surface area contributed by atoms with Crippen molar-refractivity contribution in [1.82, 2.24) is 9.97 Å². The van der Waals surface area contributed by atoms with Crippen LogP contribution in [0, 0.1) is 0 Å². The molecule has 0 amide bonds. The lowest BCUT2D eigenvalue weighted by atomic mass is 9.81. The molecule has 0 atom stereocenters. The molecule has 0 fully saturated rings. The standard InChI is InChI=1S/C57H40N2/c1-57(2)51-23-13-22-49(55(51)50-34-43-18-9-10-19-44(43)35-52(50)57)47-32-33-48(46-21-12-11-20-45(46)47)54-36-53(58-56(59-54)42-16-7-4-8-17-42)41-30-28-40(29-31-41)39-26-24-38(25-27-39)37-14-5-3-6-15-37/h3-36H,1-2H3. The van der Waals surface area contributed by atoms with Gasteiger partial charge < -0.3 is 0 Å². The first-order valence-electron chi connectivity index (χ1n) is 20.4. The van der Waals surface area contributed by atoms with E-state index in [-0.39, 0.29) is 5.41 Å². The first-order valence-corrected chi connectivity index (χ1v) is 20.4. The molecule has 59 heavy (non-hydrogen) atoms. The molecular formula is C57H40N2. The zero-order chi connectivity index (χ0) is 39.5. The third-order valence-corrected chi connectivity index (χ3v) is 12.3. The van der Waals surface area contributed by atoms with E-state index in [1.165, 1.54) is 71.8 Å². The molecule has 278 valence electrons. The second-order valence-corrected chi connectivity index (χ2v) is 16.2. The van der Waals surface area contributed by atoms with Crippen molar-refractivity contribution in [1.29, 1.82) is 0 Å².